The first-order valence-corrected chi connectivity index (χ1v) is 8.77. The van der Waals surface area contributed by atoms with E-state index in [-0.39, 0.29) is 12.1 Å². The molecule has 4 nitrogen and oxygen atoms in total. The van der Waals surface area contributed by atoms with E-state index < -0.39 is 0 Å². The zero-order valence-electron chi connectivity index (χ0n) is 13.4. The fraction of sp³-hybridized carbons (Fsp3) is 0.444. The van der Waals surface area contributed by atoms with E-state index in [0.717, 1.165) is 10.8 Å². The second-order valence-electron chi connectivity index (χ2n) is 6.52. The number of aromatic nitrogens is 2. The molecule has 1 N–H and O–H groups in total. The second-order valence-corrected chi connectivity index (χ2v) is 6.90. The predicted molar refractivity (Wildman–Crippen MR) is 95.2 cm³/mol. The summed E-state index contributed by atoms with van der Waals surface area (Å²) in [5, 5.41) is 4.25. The Bertz CT molecular complexity index is 690. The van der Waals surface area contributed by atoms with Crippen LogP contribution in [0.2, 0.25) is 0 Å². The zero-order valence-corrected chi connectivity index (χ0v) is 14.2. The number of nitrogens with zero attached hydrogens (tertiary/aromatic N) is 3. The number of hydrogen-bond acceptors (Lipinski definition) is 2. The van der Waals surface area contributed by atoms with Gasteiger partial charge in [0.25, 0.3) is 0 Å². The maximum atomic E-state index is 5.53. The van der Waals surface area contributed by atoms with Crippen molar-refractivity contribution in [3.05, 3.63) is 54.1 Å². The Labute approximate surface area is 142 Å². The first-order valence-electron chi connectivity index (χ1n) is 8.36. The van der Waals surface area contributed by atoms with E-state index in [2.05, 4.69) is 51.2 Å². The summed E-state index contributed by atoms with van der Waals surface area (Å²) in [4.78, 5) is 6.73. The van der Waals surface area contributed by atoms with E-state index in [1.165, 1.54) is 31.4 Å². The van der Waals surface area contributed by atoms with Gasteiger partial charge in [0.2, 0.25) is 0 Å². The highest BCUT2D eigenvalue weighted by Crippen LogP contribution is 2.40. The Balaban J connectivity index is 1.73. The standard InChI is InChI=1S/C18H22N4S/c1-21-17(15-10-6-12-22(15)13-7-2-3-8-13)16(20-18(21)23)14-9-4-5-11-19-14/h4-6,9-13,16-17H,2-3,7-8H2,1H3,(H,20,23)/t16-,17-/m0/s1. The first-order chi connectivity index (χ1) is 11.3. The third kappa shape index (κ3) is 2.53. The predicted octanol–water partition coefficient (Wildman–Crippen LogP) is 3.60. The van der Waals surface area contributed by atoms with Gasteiger partial charge in [-0.15, -0.1) is 0 Å². The molecule has 2 aromatic rings. The second kappa shape index (κ2) is 5.96. The van der Waals surface area contributed by atoms with Crippen molar-refractivity contribution in [1.29, 1.82) is 0 Å². The molecule has 0 spiro atoms. The van der Waals surface area contributed by atoms with Crippen LogP contribution in [0.5, 0.6) is 0 Å². The van der Waals surface area contributed by atoms with Gasteiger partial charge in [-0.1, -0.05) is 18.9 Å². The van der Waals surface area contributed by atoms with Crippen molar-refractivity contribution >= 4 is 17.3 Å². The van der Waals surface area contributed by atoms with Crippen LogP contribution in [0, 0.1) is 0 Å². The van der Waals surface area contributed by atoms with Crippen molar-refractivity contribution in [2.75, 3.05) is 7.05 Å². The average molecular weight is 326 g/mol. The molecule has 23 heavy (non-hydrogen) atoms. The minimum Gasteiger partial charge on any atom is -0.352 e. The lowest BCUT2D eigenvalue weighted by molar-refractivity contribution is 0.337. The molecule has 5 heteroatoms. The molecule has 3 heterocycles. The molecule has 1 aliphatic carbocycles. The van der Waals surface area contributed by atoms with Gasteiger partial charge in [0, 0.05) is 31.2 Å². The van der Waals surface area contributed by atoms with Gasteiger partial charge in [-0.3, -0.25) is 4.98 Å². The third-order valence-corrected chi connectivity index (χ3v) is 5.58. The molecule has 2 fully saturated rings. The summed E-state index contributed by atoms with van der Waals surface area (Å²) in [6.45, 7) is 0. The normalized spacial score (nSPS) is 25.1. The molecular weight excluding hydrogens is 304 g/mol. The molecule has 0 bridgehead atoms. The summed E-state index contributed by atoms with van der Waals surface area (Å²) in [5.74, 6) is 0. The van der Waals surface area contributed by atoms with Crippen LogP contribution in [0.3, 0.4) is 0 Å². The summed E-state index contributed by atoms with van der Waals surface area (Å²) in [6, 6.07) is 11.4. The SMILES string of the molecule is CN1C(=S)N[C@@H](c2ccccn2)[C@@H]1c1cccn1C1CCCC1. The van der Waals surface area contributed by atoms with Gasteiger partial charge in [-0.05, 0) is 49.3 Å². The summed E-state index contributed by atoms with van der Waals surface area (Å²) in [5.41, 5.74) is 2.38. The van der Waals surface area contributed by atoms with Crippen molar-refractivity contribution in [2.45, 2.75) is 43.8 Å². The topological polar surface area (TPSA) is 33.1 Å². The Morgan fingerprint density at radius 3 is 2.74 bits per heavy atom. The average Bonchev–Trinajstić information content (AvgIpc) is 3.29. The van der Waals surface area contributed by atoms with Crippen molar-refractivity contribution in [2.24, 2.45) is 0 Å². The summed E-state index contributed by atoms with van der Waals surface area (Å²) >= 11 is 5.53. The first kappa shape index (κ1) is 14.7. The Morgan fingerprint density at radius 2 is 2.00 bits per heavy atom. The molecule has 4 rings (SSSR count). The molecule has 1 saturated heterocycles. The minimum absolute atomic E-state index is 0.101. The highest BCUT2D eigenvalue weighted by Gasteiger charge is 2.39. The van der Waals surface area contributed by atoms with Crippen molar-refractivity contribution in [3.63, 3.8) is 0 Å². The summed E-state index contributed by atoms with van der Waals surface area (Å²) in [6.07, 6.45) is 9.32. The van der Waals surface area contributed by atoms with E-state index in [1.807, 2.05) is 18.3 Å². The summed E-state index contributed by atoms with van der Waals surface area (Å²) in [7, 11) is 2.08. The van der Waals surface area contributed by atoms with Crippen LogP contribution in [0.25, 0.3) is 0 Å². The lowest BCUT2D eigenvalue weighted by Gasteiger charge is -2.27. The molecule has 1 saturated carbocycles. The minimum atomic E-state index is 0.101. The third-order valence-electron chi connectivity index (χ3n) is 5.17. The molecule has 2 atom stereocenters. The van der Waals surface area contributed by atoms with Crippen LogP contribution in [-0.4, -0.2) is 26.6 Å². The number of thiocarbonyl (C=S) groups is 1. The van der Waals surface area contributed by atoms with Gasteiger partial charge in [0.1, 0.15) is 0 Å². The Kier molecular flexibility index (Phi) is 3.81. The fourth-order valence-electron chi connectivity index (χ4n) is 4.00. The van der Waals surface area contributed by atoms with Crippen LogP contribution in [-0.2, 0) is 0 Å². The molecular formula is C18H22N4S. The van der Waals surface area contributed by atoms with E-state index in [1.54, 1.807) is 0 Å². The van der Waals surface area contributed by atoms with E-state index in [4.69, 9.17) is 12.2 Å². The van der Waals surface area contributed by atoms with Crippen LogP contribution < -0.4 is 5.32 Å². The number of hydrogen-bond donors (Lipinski definition) is 1. The van der Waals surface area contributed by atoms with Crippen LogP contribution in [0.1, 0.15) is 55.2 Å². The van der Waals surface area contributed by atoms with Gasteiger partial charge in [0.15, 0.2) is 5.11 Å². The van der Waals surface area contributed by atoms with Crippen LogP contribution >= 0.6 is 12.2 Å². The van der Waals surface area contributed by atoms with E-state index in [9.17, 15) is 0 Å². The summed E-state index contributed by atoms with van der Waals surface area (Å²) < 4.78 is 2.47. The number of likely N-dealkylation sites (N-methyl/N-ethyl adjacent to an activating group) is 1. The molecule has 0 aromatic carbocycles. The molecule has 1 aliphatic heterocycles. The van der Waals surface area contributed by atoms with Crippen LogP contribution in [0.15, 0.2) is 42.7 Å². The molecule has 0 radical (unpaired) electrons. The number of rotatable bonds is 3. The quantitative estimate of drug-likeness (QED) is 0.874. The monoisotopic (exact) mass is 326 g/mol. The maximum absolute atomic E-state index is 5.53. The van der Waals surface area contributed by atoms with Gasteiger partial charge >= 0.3 is 0 Å². The number of nitrogens with one attached hydrogen (secondary N) is 1. The Hall–Kier alpha value is -1.88. The molecule has 120 valence electrons. The number of pyridine rings is 1. The lowest BCUT2D eigenvalue weighted by Crippen LogP contribution is -2.26. The maximum Gasteiger partial charge on any atom is 0.169 e. The van der Waals surface area contributed by atoms with Gasteiger partial charge in [0.05, 0.1) is 17.8 Å². The van der Waals surface area contributed by atoms with E-state index in [0.29, 0.717) is 6.04 Å². The van der Waals surface area contributed by atoms with E-state index >= 15 is 0 Å². The highest BCUT2D eigenvalue weighted by molar-refractivity contribution is 7.80. The zero-order chi connectivity index (χ0) is 15.8. The molecule has 2 aromatic heterocycles. The van der Waals surface area contributed by atoms with Crippen molar-refractivity contribution in [1.82, 2.24) is 19.8 Å². The smallest absolute Gasteiger partial charge is 0.169 e. The molecule has 0 unspecified atom stereocenters. The molecule has 2 aliphatic rings. The highest BCUT2D eigenvalue weighted by atomic mass is 32.1. The Morgan fingerprint density at radius 1 is 1.17 bits per heavy atom. The molecule has 0 amide bonds. The fourth-order valence-corrected chi connectivity index (χ4v) is 4.24. The van der Waals surface area contributed by atoms with Gasteiger partial charge in [-0.25, -0.2) is 0 Å². The van der Waals surface area contributed by atoms with Crippen LogP contribution in [0.4, 0.5) is 0 Å². The van der Waals surface area contributed by atoms with Gasteiger partial charge < -0.3 is 14.8 Å². The van der Waals surface area contributed by atoms with Crippen molar-refractivity contribution in [3.8, 4) is 0 Å². The van der Waals surface area contributed by atoms with Gasteiger partial charge in [-0.2, -0.15) is 0 Å². The van der Waals surface area contributed by atoms with Crippen molar-refractivity contribution < 1.29 is 0 Å². The largest absolute Gasteiger partial charge is 0.352 e. The lowest BCUT2D eigenvalue weighted by atomic mass is 10.0.